The van der Waals surface area contributed by atoms with E-state index in [2.05, 4.69) is 55.4 Å². The summed E-state index contributed by atoms with van der Waals surface area (Å²) in [5.74, 6) is 4.15. The van der Waals surface area contributed by atoms with Crippen molar-refractivity contribution in [2.75, 3.05) is 0 Å². The predicted molar refractivity (Wildman–Crippen MR) is 141 cm³/mol. The number of hydrogen-bond donors (Lipinski definition) is 0. The van der Waals surface area contributed by atoms with Gasteiger partial charge in [-0.3, -0.25) is 9.59 Å². The topological polar surface area (TPSA) is 43.4 Å². The van der Waals surface area contributed by atoms with Gasteiger partial charge in [0.25, 0.3) is 0 Å². The molecule has 198 valence electrons. The molecule has 0 saturated heterocycles. The molecule has 0 aromatic rings. The van der Waals surface area contributed by atoms with Gasteiger partial charge in [0.05, 0.1) is 0 Å². The van der Waals surface area contributed by atoms with Crippen molar-refractivity contribution in [3.8, 4) is 0 Å². The number of carbonyl (C=O) groups is 2. The van der Waals surface area contributed by atoms with Gasteiger partial charge in [-0.1, -0.05) is 55.4 Å². The number of esters is 1. The first-order chi connectivity index (χ1) is 16.1. The van der Waals surface area contributed by atoms with Crippen LogP contribution in [0, 0.1) is 62.6 Å². The molecule has 5 rings (SSSR count). The van der Waals surface area contributed by atoms with Gasteiger partial charge in [0.2, 0.25) is 0 Å². The van der Waals surface area contributed by atoms with Crippen molar-refractivity contribution in [3.63, 3.8) is 0 Å². The van der Waals surface area contributed by atoms with Crippen molar-refractivity contribution in [2.45, 2.75) is 126 Å². The second kappa shape index (κ2) is 7.83. The monoisotopic (exact) mass is 484 g/mol. The van der Waals surface area contributed by atoms with E-state index < -0.39 is 6.10 Å². The Morgan fingerprint density at radius 2 is 1.54 bits per heavy atom. The van der Waals surface area contributed by atoms with E-state index in [1.807, 2.05) is 0 Å². The molecule has 35 heavy (non-hydrogen) atoms. The molecule has 0 heterocycles. The maximum absolute atomic E-state index is 13.6. The van der Waals surface area contributed by atoms with Crippen molar-refractivity contribution in [2.24, 2.45) is 62.6 Å². The van der Waals surface area contributed by atoms with Crippen LogP contribution >= 0.6 is 0 Å². The van der Waals surface area contributed by atoms with Crippen LogP contribution in [0.2, 0.25) is 0 Å². The highest BCUT2D eigenvalue weighted by Gasteiger charge is 2.71. The Hall–Kier alpha value is -0.860. The Morgan fingerprint density at radius 1 is 0.857 bits per heavy atom. The number of fused-ring (bicyclic) bond motifs is 7. The van der Waals surface area contributed by atoms with Gasteiger partial charge in [0, 0.05) is 18.8 Å². The quantitative estimate of drug-likeness (QED) is 0.375. The predicted octanol–water partition coefficient (Wildman–Crippen LogP) is 7.85. The molecule has 0 aromatic heterocycles. The zero-order chi connectivity index (χ0) is 25.8. The molecule has 10 atom stereocenters. The second-order valence-electron chi connectivity index (χ2n) is 15.7. The minimum Gasteiger partial charge on any atom is -0.454 e. The van der Waals surface area contributed by atoms with Crippen molar-refractivity contribution in [3.05, 3.63) is 0 Å². The van der Waals surface area contributed by atoms with Crippen LogP contribution in [0.1, 0.15) is 120 Å². The average molecular weight is 485 g/mol. The number of ketones is 1. The summed E-state index contributed by atoms with van der Waals surface area (Å²) in [4.78, 5) is 25.5. The summed E-state index contributed by atoms with van der Waals surface area (Å²) in [5.41, 5.74) is 0.840. The van der Waals surface area contributed by atoms with Crippen LogP contribution in [0.25, 0.3) is 0 Å². The Labute approximate surface area is 214 Å². The standard InChI is InChI=1S/C32H52O3/c1-19(2)21-12-14-29(6)16-17-31(8)22(26(21)29)10-11-25-30(7)18-23(34)27(35-20(3)33)28(4,5)24(30)13-15-32(25,31)9/h19,21-22,24-27H,10-18H2,1-9H3. The number of ether oxygens (including phenoxy) is 1. The average Bonchev–Trinajstić information content (AvgIpc) is 3.09. The van der Waals surface area contributed by atoms with E-state index in [1.54, 1.807) is 0 Å². The number of carbonyl (C=O) groups excluding carboxylic acids is 2. The van der Waals surface area contributed by atoms with E-state index in [4.69, 9.17) is 4.74 Å². The van der Waals surface area contributed by atoms with Gasteiger partial charge in [-0.15, -0.1) is 0 Å². The molecule has 3 heteroatoms. The van der Waals surface area contributed by atoms with E-state index in [1.165, 1.54) is 51.9 Å². The van der Waals surface area contributed by atoms with Crippen molar-refractivity contribution in [1.29, 1.82) is 0 Å². The maximum atomic E-state index is 13.6. The molecule has 0 amide bonds. The molecule has 0 bridgehead atoms. The van der Waals surface area contributed by atoms with Gasteiger partial charge in [-0.25, -0.2) is 0 Å². The molecule has 0 radical (unpaired) electrons. The smallest absolute Gasteiger partial charge is 0.303 e. The van der Waals surface area contributed by atoms with Crippen LogP contribution in [-0.4, -0.2) is 17.9 Å². The normalized spacial score (nSPS) is 52.8. The zero-order valence-corrected chi connectivity index (χ0v) is 24.1. The summed E-state index contributed by atoms with van der Waals surface area (Å²) in [6.07, 6.45) is 10.6. The molecule has 5 saturated carbocycles. The lowest BCUT2D eigenvalue weighted by Gasteiger charge is -2.72. The molecule has 0 N–H and O–H groups in total. The molecular formula is C32H52O3. The third-order valence-electron chi connectivity index (χ3n) is 13.7. The SMILES string of the molecule is CC(=O)OC1C(=O)CC2(C)C(CCC3(C)C2CCC2C4C(C(C)C)CCC4(C)CCC23C)C1(C)C. The van der Waals surface area contributed by atoms with Crippen molar-refractivity contribution < 1.29 is 14.3 Å². The van der Waals surface area contributed by atoms with Crippen molar-refractivity contribution >= 4 is 11.8 Å². The highest BCUT2D eigenvalue weighted by atomic mass is 16.5. The Morgan fingerprint density at radius 3 is 2.17 bits per heavy atom. The lowest BCUT2D eigenvalue weighted by molar-refractivity contribution is -0.245. The summed E-state index contributed by atoms with van der Waals surface area (Å²) in [6.45, 7) is 21.2. The molecule has 0 spiro atoms. The zero-order valence-electron chi connectivity index (χ0n) is 24.1. The van der Waals surface area contributed by atoms with Crippen LogP contribution in [0.4, 0.5) is 0 Å². The van der Waals surface area contributed by atoms with Gasteiger partial charge >= 0.3 is 5.97 Å². The van der Waals surface area contributed by atoms with Crippen LogP contribution in [-0.2, 0) is 14.3 Å². The second-order valence-corrected chi connectivity index (χ2v) is 15.7. The number of rotatable bonds is 2. The van der Waals surface area contributed by atoms with Crippen LogP contribution in [0.5, 0.6) is 0 Å². The number of Topliss-reactive ketones (excluding diaryl/α,β-unsaturated/α-hetero) is 1. The summed E-state index contributed by atoms with van der Waals surface area (Å²) >= 11 is 0. The minimum absolute atomic E-state index is 0.00785. The summed E-state index contributed by atoms with van der Waals surface area (Å²) in [7, 11) is 0. The maximum Gasteiger partial charge on any atom is 0.303 e. The van der Waals surface area contributed by atoms with Crippen LogP contribution < -0.4 is 0 Å². The van der Waals surface area contributed by atoms with Gasteiger partial charge in [0.1, 0.15) is 0 Å². The Kier molecular flexibility index (Phi) is 5.76. The van der Waals surface area contributed by atoms with E-state index in [0.29, 0.717) is 29.1 Å². The summed E-state index contributed by atoms with van der Waals surface area (Å²) in [6, 6.07) is 0. The molecule has 5 fully saturated rings. The third kappa shape index (κ3) is 3.27. The van der Waals surface area contributed by atoms with E-state index in [9.17, 15) is 9.59 Å². The Bertz CT molecular complexity index is 904. The summed E-state index contributed by atoms with van der Waals surface area (Å²) in [5, 5.41) is 0. The fraction of sp³-hybridized carbons (Fsp3) is 0.938. The molecule has 0 aromatic carbocycles. The molecular weight excluding hydrogens is 432 g/mol. The first kappa shape index (κ1) is 25.8. The van der Waals surface area contributed by atoms with Gasteiger partial charge in [-0.2, -0.15) is 0 Å². The largest absolute Gasteiger partial charge is 0.454 e. The van der Waals surface area contributed by atoms with Crippen LogP contribution in [0.3, 0.4) is 0 Å². The number of hydrogen-bond acceptors (Lipinski definition) is 3. The molecule has 5 aliphatic carbocycles. The fourth-order valence-electron chi connectivity index (χ4n) is 12.0. The summed E-state index contributed by atoms with van der Waals surface area (Å²) < 4.78 is 5.68. The van der Waals surface area contributed by atoms with E-state index >= 15 is 0 Å². The molecule has 3 nitrogen and oxygen atoms in total. The van der Waals surface area contributed by atoms with Gasteiger partial charge in [0.15, 0.2) is 11.9 Å². The minimum atomic E-state index is -0.588. The Balaban J connectivity index is 1.52. The van der Waals surface area contributed by atoms with Crippen molar-refractivity contribution in [1.82, 2.24) is 0 Å². The highest BCUT2D eigenvalue weighted by Crippen LogP contribution is 2.77. The molecule has 5 aliphatic rings. The molecule has 10 unspecified atom stereocenters. The molecule has 0 aliphatic heterocycles. The van der Waals surface area contributed by atoms with E-state index in [0.717, 1.165) is 30.1 Å². The first-order valence-corrected chi connectivity index (χ1v) is 14.8. The lowest BCUT2D eigenvalue weighted by atomic mass is 9.32. The highest BCUT2D eigenvalue weighted by molar-refractivity contribution is 5.87. The lowest BCUT2D eigenvalue weighted by Crippen LogP contribution is -2.68. The first-order valence-electron chi connectivity index (χ1n) is 14.8. The van der Waals surface area contributed by atoms with E-state index in [-0.39, 0.29) is 28.0 Å². The van der Waals surface area contributed by atoms with Crippen LogP contribution in [0.15, 0.2) is 0 Å². The van der Waals surface area contributed by atoms with Gasteiger partial charge in [-0.05, 0) is 109 Å². The third-order valence-corrected chi connectivity index (χ3v) is 13.7. The van der Waals surface area contributed by atoms with Gasteiger partial charge < -0.3 is 4.74 Å². The fourth-order valence-corrected chi connectivity index (χ4v) is 12.0.